The van der Waals surface area contributed by atoms with E-state index in [0.29, 0.717) is 40.2 Å². The molecule has 2 N–H and O–H groups in total. The maximum atomic E-state index is 12.8. The molecule has 6 nitrogen and oxygen atoms in total. The highest BCUT2D eigenvalue weighted by Crippen LogP contribution is 2.43. The predicted octanol–water partition coefficient (Wildman–Crippen LogP) is 6.59. The molecule has 0 saturated carbocycles. The Morgan fingerprint density at radius 3 is 2.27 bits per heavy atom. The van der Waals surface area contributed by atoms with Crippen molar-refractivity contribution in [3.05, 3.63) is 119 Å². The number of anilines is 1. The van der Waals surface area contributed by atoms with Gasteiger partial charge in [-0.15, -0.1) is 11.8 Å². The van der Waals surface area contributed by atoms with E-state index < -0.39 is 5.91 Å². The molecule has 186 valence electrons. The third-order valence-corrected chi connectivity index (χ3v) is 7.28. The van der Waals surface area contributed by atoms with Crippen LogP contribution in [0, 0.1) is 0 Å². The highest BCUT2D eigenvalue weighted by molar-refractivity contribution is 8.00. The smallest absolute Gasteiger partial charge is 0.248 e. The molecule has 1 atom stereocenters. The Kier molecular flexibility index (Phi) is 7.35. The fourth-order valence-electron chi connectivity index (χ4n) is 3.95. The Morgan fingerprint density at radius 2 is 1.59 bits per heavy atom. The minimum Gasteiger partial charge on any atom is -0.489 e. The first kappa shape index (κ1) is 24.7. The average molecular weight is 531 g/mol. The first-order valence-electron chi connectivity index (χ1n) is 11.5. The van der Waals surface area contributed by atoms with Crippen molar-refractivity contribution in [2.45, 2.75) is 12.0 Å². The van der Waals surface area contributed by atoms with Gasteiger partial charge in [-0.05, 0) is 83.9 Å². The summed E-state index contributed by atoms with van der Waals surface area (Å²) in [5.74, 6) is 2.03. The van der Waals surface area contributed by atoms with Gasteiger partial charge in [-0.3, -0.25) is 14.5 Å². The monoisotopic (exact) mass is 530 g/mol. The zero-order valence-electron chi connectivity index (χ0n) is 19.7. The van der Waals surface area contributed by atoms with E-state index in [1.165, 1.54) is 0 Å². The first-order valence-corrected chi connectivity index (χ1v) is 13.0. The number of thioether (sulfide) groups is 1. The van der Waals surface area contributed by atoms with Crippen LogP contribution in [0.3, 0.4) is 0 Å². The maximum Gasteiger partial charge on any atom is 0.248 e. The van der Waals surface area contributed by atoms with Crippen LogP contribution in [0.25, 0.3) is 0 Å². The van der Waals surface area contributed by atoms with Crippen molar-refractivity contribution in [3.8, 4) is 17.2 Å². The van der Waals surface area contributed by atoms with E-state index in [-0.39, 0.29) is 11.3 Å². The number of primary amides is 1. The fourth-order valence-corrected chi connectivity index (χ4v) is 5.25. The summed E-state index contributed by atoms with van der Waals surface area (Å²) in [6.45, 7) is 0.345. The second-order valence-corrected chi connectivity index (χ2v) is 9.90. The van der Waals surface area contributed by atoms with Gasteiger partial charge in [0, 0.05) is 16.3 Å². The number of ether oxygens (including phenoxy) is 2. The number of nitrogens with zero attached hydrogens (tertiary/aromatic N) is 1. The largest absolute Gasteiger partial charge is 0.489 e. The summed E-state index contributed by atoms with van der Waals surface area (Å²) in [5, 5.41) is 0.473. The Balaban J connectivity index is 1.28. The van der Waals surface area contributed by atoms with Crippen molar-refractivity contribution in [3.63, 3.8) is 0 Å². The van der Waals surface area contributed by atoms with Gasteiger partial charge in [-0.2, -0.15) is 0 Å². The van der Waals surface area contributed by atoms with Crippen LogP contribution < -0.4 is 20.1 Å². The van der Waals surface area contributed by atoms with Gasteiger partial charge in [0.1, 0.15) is 29.2 Å². The molecule has 1 saturated heterocycles. The number of benzene rings is 4. The fraction of sp³-hybridized carbons (Fsp3) is 0.103. The van der Waals surface area contributed by atoms with E-state index in [1.54, 1.807) is 53.1 Å². The van der Waals surface area contributed by atoms with E-state index in [4.69, 9.17) is 26.8 Å². The molecule has 2 amide bonds. The van der Waals surface area contributed by atoms with Crippen molar-refractivity contribution in [2.24, 2.45) is 5.73 Å². The van der Waals surface area contributed by atoms with Crippen molar-refractivity contribution in [2.75, 3.05) is 10.7 Å². The van der Waals surface area contributed by atoms with Crippen LogP contribution in [0.1, 0.15) is 26.9 Å². The Bertz CT molecular complexity index is 1410. The third-order valence-electron chi connectivity index (χ3n) is 5.82. The minimum absolute atomic E-state index is 0.0437. The number of rotatable bonds is 8. The van der Waals surface area contributed by atoms with Gasteiger partial charge in [0.15, 0.2) is 0 Å². The summed E-state index contributed by atoms with van der Waals surface area (Å²) in [6, 6.07) is 29.4. The van der Waals surface area contributed by atoms with Crippen molar-refractivity contribution >= 4 is 40.9 Å². The van der Waals surface area contributed by atoms with Crippen LogP contribution in [0.5, 0.6) is 17.2 Å². The highest BCUT2D eigenvalue weighted by Gasteiger charge is 2.34. The lowest BCUT2D eigenvalue weighted by Gasteiger charge is -2.25. The molecule has 0 bridgehead atoms. The summed E-state index contributed by atoms with van der Waals surface area (Å²) >= 11 is 7.51. The molecule has 0 spiro atoms. The highest BCUT2D eigenvalue weighted by atomic mass is 35.5. The van der Waals surface area contributed by atoms with Gasteiger partial charge in [0.05, 0.1) is 5.75 Å². The quantitative estimate of drug-likeness (QED) is 0.278. The summed E-state index contributed by atoms with van der Waals surface area (Å²) in [5.41, 5.74) is 8.44. The standard InChI is InChI=1S/C29H23ClN2O4S/c30-22-8-12-24(13-9-22)36-25-14-10-23(11-15-25)32-27(33)18-37-29(32)21-2-1-3-26(16-21)35-17-19-4-6-20(7-5-19)28(31)34/h1-16,29H,17-18H2,(H2,31,34). The molecule has 1 heterocycles. The number of carbonyl (C=O) groups is 2. The Labute approximate surface area is 223 Å². The normalized spacial score (nSPS) is 15.0. The summed E-state index contributed by atoms with van der Waals surface area (Å²) < 4.78 is 11.9. The molecule has 4 aromatic rings. The zero-order valence-corrected chi connectivity index (χ0v) is 21.2. The van der Waals surface area contributed by atoms with Gasteiger partial charge in [0.2, 0.25) is 11.8 Å². The van der Waals surface area contributed by atoms with Crippen LogP contribution >= 0.6 is 23.4 Å². The molecule has 1 aliphatic heterocycles. The average Bonchev–Trinajstić information content (AvgIpc) is 3.31. The van der Waals surface area contributed by atoms with E-state index in [0.717, 1.165) is 16.8 Å². The van der Waals surface area contributed by atoms with Gasteiger partial charge in [-0.1, -0.05) is 35.9 Å². The number of carbonyl (C=O) groups excluding carboxylic acids is 2. The maximum absolute atomic E-state index is 12.8. The molecule has 1 aliphatic rings. The second kappa shape index (κ2) is 11.0. The van der Waals surface area contributed by atoms with Crippen LogP contribution in [-0.2, 0) is 11.4 Å². The zero-order chi connectivity index (χ0) is 25.8. The topological polar surface area (TPSA) is 81.9 Å². The lowest BCUT2D eigenvalue weighted by molar-refractivity contribution is -0.115. The van der Waals surface area contributed by atoms with Crippen molar-refractivity contribution < 1.29 is 19.1 Å². The van der Waals surface area contributed by atoms with Crippen LogP contribution in [0.15, 0.2) is 97.1 Å². The Morgan fingerprint density at radius 1 is 0.919 bits per heavy atom. The number of nitrogens with two attached hydrogens (primary N) is 1. The molecular weight excluding hydrogens is 508 g/mol. The summed E-state index contributed by atoms with van der Waals surface area (Å²) in [4.78, 5) is 25.9. The van der Waals surface area contributed by atoms with Crippen LogP contribution in [0.2, 0.25) is 5.02 Å². The molecule has 0 aromatic heterocycles. The SMILES string of the molecule is NC(=O)c1ccc(COc2cccc(C3SCC(=O)N3c3ccc(Oc4ccc(Cl)cc4)cc3)c2)cc1. The van der Waals surface area contributed by atoms with Gasteiger partial charge in [0.25, 0.3) is 0 Å². The van der Waals surface area contributed by atoms with Gasteiger partial charge < -0.3 is 15.2 Å². The number of hydrogen-bond acceptors (Lipinski definition) is 5. The molecule has 8 heteroatoms. The number of amides is 2. The van der Waals surface area contributed by atoms with E-state index in [9.17, 15) is 9.59 Å². The predicted molar refractivity (Wildman–Crippen MR) is 146 cm³/mol. The molecule has 4 aromatic carbocycles. The second-order valence-electron chi connectivity index (χ2n) is 8.40. The molecule has 1 unspecified atom stereocenters. The van der Waals surface area contributed by atoms with Crippen LogP contribution in [0.4, 0.5) is 5.69 Å². The van der Waals surface area contributed by atoms with E-state index >= 15 is 0 Å². The molecule has 1 fully saturated rings. The number of hydrogen-bond donors (Lipinski definition) is 1. The third kappa shape index (κ3) is 5.90. The minimum atomic E-state index is -0.461. The van der Waals surface area contributed by atoms with Crippen LogP contribution in [-0.4, -0.2) is 17.6 Å². The Hall–Kier alpha value is -3.94. The molecule has 0 aliphatic carbocycles. The van der Waals surface area contributed by atoms with Crippen molar-refractivity contribution in [1.82, 2.24) is 0 Å². The molecular formula is C29H23ClN2O4S. The number of halogens is 1. The lowest BCUT2D eigenvalue weighted by atomic mass is 10.1. The lowest BCUT2D eigenvalue weighted by Crippen LogP contribution is -2.27. The molecule has 0 radical (unpaired) electrons. The van der Waals surface area contributed by atoms with Gasteiger partial charge in [-0.25, -0.2) is 0 Å². The first-order chi connectivity index (χ1) is 18.0. The molecule has 37 heavy (non-hydrogen) atoms. The summed E-state index contributed by atoms with van der Waals surface area (Å²) in [7, 11) is 0. The van der Waals surface area contributed by atoms with E-state index in [1.807, 2.05) is 60.7 Å². The summed E-state index contributed by atoms with van der Waals surface area (Å²) in [6.07, 6.45) is 0. The van der Waals surface area contributed by atoms with E-state index in [2.05, 4.69) is 0 Å². The molecule has 5 rings (SSSR count). The van der Waals surface area contributed by atoms with Gasteiger partial charge >= 0.3 is 0 Å². The van der Waals surface area contributed by atoms with Crippen molar-refractivity contribution in [1.29, 1.82) is 0 Å².